The summed E-state index contributed by atoms with van der Waals surface area (Å²) in [6.07, 6.45) is 2.16. The smallest absolute Gasteiger partial charge is 0.328 e. The largest absolute Gasteiger partial charge is 0.478 e. The second-order valence-electron chi connectivity index (χ2n) is 3.20. The molecule has 1 aromatic rings. The second-order valence-corrected chi connectivity index (χ2v) is 3.61. The maximum atomic E-state index is 12.9. The summed E-state index contributed by atoms with van der Waals surface area (Å²) in [7, 11) is 0. The van der Waals surface area contributed by atoms with Crippen LogP contribution >= 0.6 is 11.6 Å². The van der Waals surface area contributed by atoms with Gasteiger partial charge in [0.15, 0.2) is 0 Å². The van der Waals surface area contributed by atoms with Crippen LogP contribution in [0.25, 0.3) is 0 Å². The number of carboxylic acids is 1. The Morgan fingerprint density at radius 1 is 1.44 bits per heavy atom. The van der Waals surface area contributed by atoms with Crippen LogP contribution in [0.5, 0.6) is 0 Å². The molecule has 0 heterocycles. The molecule has 0 bridgehead atoms. The van der Waals surface area contributed by atoms with E-state index in [4.69, 9.17) is 16.7 Å². The molecule has 96 valence electrons. The summed E-state index contributed by atoms with van der Waals surface area (Å²) in [4.78, 5) is 21.5. The number of amides is 2. The number of hydrogen-bond acceptors (Lipinski definition) is 2. The third-order valence-corrected chi connectivity index (χ3v) is 2.15. The van der Waals surface area contributed by atoms with E-state index in [0.29, 0.717) is 0 Å². The third kappa shape index (κ3) is 4.84. The predicted octanol–water partition coefficient (Wildman–Crippen LogP) is 2.24. The number of carboxylic acid groups (broad SMARTS) is 1. The highest BCUT2D eigenvalue weighted by molar-refractivity contribution is 6.33. The molecule has 0 radical (unpaired) electrons. The van der Waals surface area contributed by atoms with Gasteiger partial charge in [-0.25, -0.2) is 14.0 Å². The zero-order valence-corrected chi connectivity index (χ0v) is 9.87. The number of nitrogens with one attached hydrogen (secondary N) is 2. The molecule has 1 rings (SSSR count). The molecule has 3 N–H and O–H groups in total. The Kier molecular flexibility index (Phi) is 5.13. The SMILES string of the molecule is O=C(O)/C=C/CNC(=O)Nc1cc(F)ccc1Cl. The van der Waals surface area contributed by atoms with Crippen LogP contribution in [0.4, 0.5) is 14.9 Å². The number of benzene rings is 1. The average molecular weight is 273 g/mol. The average Bonchev–Trinajstić information content (AvgIpc) is 2.29. The van der Waals surface area contributed by atoms with Crippen molar-refractivity contribution < 1.29 is 19.1 Å². The topological polar surface area (TPSA) is 78.4 Å². The van der Waals surface area contributed by atoms with Crippen molar-refractivity contribution in [2.45, 2.75) is 0 Å². The minimum absolute atomic E-state index is 0.0328. The van der Waals surface area contributed by atoms with Gasteiger partial charge in [-0.1, -0.05) is 17.7 Å². The van der Waals surface area contributed by atoms with E-state index >= 15 is 0 Å². The molecule has 0 spiro atoms. The predicted molar refractivity (Wildman–Crippen MR) is 65.2 cm³/mol. The normalized spacial score (nSPS) is 10.3. The monoisotopic (exact) mass is 272 g/mol. The lowest BCUT2D eigenvalue weighted by Crippen LogP contribution is -2.28. The molecule has 0 saturated heterocycles. The van der Waals surface area contributed by atoms with E-state index in [1.165, 1.54) is 18.2 Å². The molecule has 0 aliphatic rings. The van der Waals surface area contributed by atoms with Gasteiger partial charge in [-0.15, -0.1) is 0 Å². The molecule has 0 unspecified atom stereocenters. The molecule has 0 fully saturated rings. The summed E-state index contributed by atoms with van der Waals surface area (Å²) in [6.45, 7) is 0.0328. The Morgan fingerprint density at radius 3 is 2.83 bits per heavy atom. The summed E-state index contributed by atoms with van der Waals surface area (Å²) in [5, 5.41) is 13.2. The van der Waals surface area contributed by atoms with E-state index in [1.807, 2.05) is 0 Å². The molecule has 18 heavy (non-hydrogen) atoms. The van der Waals surface area contributed by atoms with Gasteiger partial charge in [-0.3, -0.25) is 0 Å². The first-order valence-electron chi connectivity index (χ1n) is 4.88. The first-order chi connectivity index (χ1) is 8.49. The van der Waals surface area contributed by atoms with Gasteiger partial charge in [-0.2, -0.15) is 0 Å². The minimum Gasteiger partial charge on any atom is -0.478 e. The lowest BCUT2D eigenvalue weighted by atomic mass is 10.3. The van der Waals surface area contributed by atoms with Crippen molar-refractivity contribution in [2.24, 2.45) is 0 Å². The Bertz CT molecular complexity index is 491. The van der Waals surface area contributed by atoms with Gasteiger partial charge in [0.2, 0.25) is 0 Å². The van der Waals surface area contributed by atoms with Gasteiger partial charge in [0.1, 0.15) is 5.82 Å². The molecule has 0 aliphatic carbocycles. The van der Waals surface area contributed by atoms with Gasteiger partial charge < -0.3 is 15.7 Å². The summed E-state index contributed by atoms with van der Waals surface area (Å²) in [5.74, 6) is -1.63. The van der Waals surface area contributed by atoms with E-state index in [-0.39, 0.29) is 17.3 Å². The minimum atomic E-state index is -1.11. The molecule has 0 aromatic heterocycles. The van der Waals surface area contributed by atoms with Gasteiger partial charge in [-0.05, 0) is 18.2 Å². The van der Waals surface area contributed by atoms with Crippen molar-refractivity contribution in [1.29, 1.82) is 0 Å². The Labute approximate surface area is 107 Å². The van der Waals surface area contributed by atoms with Gasteiger partial charge in [0.25, 0.3) is 0 Å². The van der Waals surface area contributed by atoms with Crippen LogP contribution in [-0.2, 0) is 4.79 Å². The first-order valence-corrected chi connectivity index (χ1v) is 5.26. The van der Waals surface area contributed by atoms with E-state index in [1.54, 1.807) is 0 Å². The van der Waals surface area contributed by atoms with E-state index in [9.17, 15) is 14.0 Å². The number of aliphatic carboxylic acids is 1. The van der Waals surface area contributed by atoms with Crippen LogP contribution in [0, 0.1) is 5.82 Å². The van der Waals surface area contributed by atoms with Crippen molar-refractivity contribution in [1.82, 2.24) is 5.32 Å². The molecule has 0 aliphatic heterocycles. The quantitative estimate of drug-likeness (QED) is 0.736. The molecule has 7 heteroatoms. The summed E-state index contributed by atoms with van der Waals surface area (Å²) in [6, 6.07) is 2.95. The lowest BCUT2D eigenvalue weighted by molar-refractivity contribution is -0.131. The van der Waals surface area contributed by atoms with Crippen molar-refractivity contribution >= 4 is 29.3 Å². The molecule has 0 atom stereocenters. The molecular formula is C11H10ClFN2O3. The van der Waals surface area contributed by atoms with Crippen molar-refractivity contribution in [3.8, 4) is 0 Å². The summed E-state index contributed by atoms with van der Waals surface area (Å²) < 4.78 is 12.9. The fourth-order valence-electron chi connectivity index (χ4n) is 1.07. The Hall–Kier alpha value is -2.08. The highest BCUT2D eigenvalue weighted by Crippen LogP contribution is 2.21. The highest BCUT2D eigenvalue weighted by Gasteiger charge is 2.05. The van der Waals surface area contributed by atoms with E-state index < -0.39 is 17.8 Å². The van der Waals surface area contributed by atoms with Crippen LogP contribution in [0.15, 0.2) is 30.4 Å². The van der Waals surface area contributed by atoms with Crippen LogP contribution in [0.2, 0.25) is 5.02 Å². The standard InChI is InChI=1S/C11H10ClFN2O3/c12-8-4-3-7(13)6-9(8)15-11(18)14-5-1-2-10(16)17/h1-4,6H,5H2,(H,16,17)(H2,14,15,18)/b2-1+. The maximum absolute atomic E-state index is 12.9. The van der Waals surface area contributed by atoms with Crippen LogP contribution in [-0.4, -0.2) is 23.7 Å². The van der Waals surface area contributed by atoms with Gasteiger partial charge >= 0.3 is 12.0 Å². The highest BCUT2D eigenvalue weighted by atomic mass is 35.5. The summed E-state index contributed by atoms with van der Waals surface area (Å²) >= 11 is 5.74. The first kappa shape index (κ1) is 14.0. The zero-order chi connectivity index (χ0) is 13.5. The zero-order valence-electron chi connectivity index (χ0n) is 9.11. The number of carbonyl (C=O) groups is 2. The Balaban J connectivity index is 2.49. The van der Waals surface area contributed by atoms with Crippen LogP contribution in [0.3, 0.4) is 0 Å². The molecule has 1 aromatic carbocycles. The molecule has 2 amide bonds. The number of rotatable bonds is 4. The number of anilines is 1. The molecular weight excluding hydrogens is 263 g/mol. The van der Waals surface area contributed by atoms with E-state index in [0.717, 1.165) is 12.1 Å². The lowest BCUT2D eigenvalue weighted by Gasteiger charge is -2.07. The number of carbonyl (C=O) groups excluding carboxylic acids is 1. The number of halogens is 2. The summed E-state index contributed by atoms with van der Waals surface area (Å²) in [5.41, 5.74) is 0.136. The van der Waals surface area contributed by atoms with Crippen LogP contribution in [0.1, 0.15) is 0 Å². The Morgan fingerprint density at radius 2 is 2.17 bits per heavy atom. The third-order valence-electron chi connectivity index (χ3n) is 1.82. The van der Waals surface area contributed by atoms with Crippen LogP contribution < -0.4 is 10.6 Å². The number of hydrogen-bond donors (Lipinski definition) is 3. The fraction of sp³-hybridized carbons (Fsp3) is 0.0909. The van der Waals surface area contributed by atoms with Crippen molar-refractivity contribution in [3.63, 3.8) is 0 Å². The van der Waals surface area contributed by atoms with E-state index in [2.05, 4.69) is 10.6 Å². The second kappa shape index (κ2) is 6.61. The molecule has 0 saturated carbocycles. The van der Waals surface area contributed by atoms with Gasteiger partial charge in [0, 0.05) is 12.6 Å². The molecule has 5 nitrogen and oxygen atoms in total. The van der Waals surface area contributed by atoms with Crippen molar-refractivity contribution in [3.05, 3.63) is 41.2 Å². The van der Waals surface area contributed by atoms with Crippen molar-refractivity contribution in [2.75, 3.05) is 11.9 Å². The number of urea groups is 1. The fourth-order valence-corrected chi connectivity index (χ4v) is 1.24. The van der Waals surface area contributed by atoms with Gasteiger partial charge in [0.05, 0.1) is 10.7 Å². The maximum Gasteiger partial charge on any atom is 0.328 e.